The molecule has 1 rings (SSSR count). The molecule has 0 aliphatic carbocycles. The van der Waals surface area contributed by atoms with Crippen LogP contribution >= 0.6 is 11.8 Å². The summed E-state index contributed by atoms with van der Waals surface area (Å²) < 4.78 is 36.6. The third kappa shape index (κ3) is 4.03. The van der Waals surface area contributed by atoms with Crippen LogP contribution in [-0.2, 0) is 16.6 Å². The molecule has 0 saturated heterocycles. The van der Waals surface area contributed by atoms with Crippen molar-refractivity contribution >= 4 is 21.8 Å². The van der Waals surface area contributed by atoms with Crippen molar-refractivity contribution < 1.29 is 23.0 Å². The molecule has 8 heteroatoms. The van der Waals surface area contributed by atoms with E-state index < -0.39 is 10.0 Å². The van der Waals surface area contributed by atoms with Crippen molar-refractivity contribution in [2.45, 2.75) is 11.5 Å². The van der Waals surface area contributed by atoms with Gasteiger partial charge >= 0.3 is 0 Å². The molecule has 0 fully saturated rings. The summed E-state index contributed by atoms with van der Waals surface area (Å²) in [7, 11) is 0.764. The van der Waals surface area contributed by atoms with Gasteiger partial charge in [0.25, 0.3) is 0 Å². The van der Waals surface area contributed by atoms with E-state index in [1.165, 1.54) is 37.7 Å². The van der Waals surface area contributed by atoms with Gasteiger partial charge in [0.15, 0.2) is 11.5 Å². The molecule has 0 aromatic heterocycles. The average Bonchev–Trinajstić information content (AvgIpc) is 2.50. The van der Waals surface area contributed by atoms with Crippen LogP contribution in [0.15, 0.2) is 17.0 Å². The van der Waals surface area contributed by atoms with Crippen LogP contribution in [0.25, 0.3) is 0 Å². The Morgan fingerprint density at radius 1 is 1.29 bits per heavy atom. The molecule has 6 nitrogen and oxygen atoms in total. The van der Waals surface area contributed by atoms with Crippen molar-refractivity contribution in [1.82, 2.24) is 4.31 Å². The van der Waals surface area contributed by atoms with Gasteiger partial charge < -0.3 is 14.6 Å². The molecular formula is C13H21NO5S2. The van der Waals surface area contributed by atoms with Gasteiger partial charge in [-0.1, -0.05) is 0 Å². The lowest BCUT2D eigenvalue weighted by Gasteiger charge is -2.19. The Bertz CT molecular complexity index is 549. The molecule has 120 valence electrons. The molecular weight excluding hydrogens is 314 g/mol. The second-order valence-electron chi connectivity index (χ2n) is 4.30. The number of benzene rings is 1. The number of hydrogen-bond acceptors (Lipinski definition) is 6. The fourth-order valence-electron chi connectivity index (χ4n) is 1.80. The van der Waals surface area contributed by atoms with E-state index in [9.17, 15) is 13.5 Å². The fourth-order valence-corrected chi connectivity index (χ4v) is 3.61. The first kappa shape index (κ1) is 18.1. The van der Waals surface area contributed by atoms with Crippen molar-refractivity contribution in [1.29, 1.82) is 0 Å². The van der Waals surface area contributed by atoms with Crippen molar-refractivity contribution in [2.24, 2.45) is 0 Å². The Morgan fingerprint density at radius 3 is 2.43 bits per heavy atom. The highest BCUT2D eigenvalue weighted by Crippen LogP contribution is 2.34. The molecule has 0 aliphatic rings. The summed E-state index contributed by atoms with van der Waals surface area (Å²) in [6.07, 6.45) is 1.92. The highest BCUT2D eigenvalue weighted by molar-refractivity contribution is 7.98. The molecule has 0 radical (unpaired) electrons. The third-order valence-corrected chi connectivity index (χ3v) is 5.44. The van der Waals surface area contributed by atoms with Gasteiger partial charge in [-0.15, -0.1) is 0 Å². The smallest absolute Gasteiger partial charge is 0.242 e. The monoisotopic (exact) mass is 335 g/mol. The zero-order valence-corrected chi connectivity index (χ0v) is 14.3. The van der Waals surface area contributed by atoms with Crippen LogP contribution in [0, 0.1) is 0 Å². The van der Waals surface area contributed by atoms with Gasteiger partial charge in [-0.2, -0.15) is 11.8 Å². The van der Waals surface area contributed by atoms with Crippen LogP contribution in [0.4, 0.5) is 0 Å². The molecule has 0 saturated carbocycles. The van der Waals surface area contributed by atoms with Crippen molar-refractivity contribution in [3.63, 3.8) is 0 Å². The van der Waals surface area contributed by atoms with Crippen LogP contribution in [0.1, 0.15) is 5.56 Å². The lowest BCUT2D eigenvalue weighted by molar-refractivity contribution is 0.269. The zero-order chi connectivity index (χ0) is 16.0. The summed E-state index contributed by atoms with van der Waals surface area (Å²) in [5.74, 6) is 1.32. The lowest BCUT2D eigenvalue weighted by atomic mass is 10.2. The second-order valence-corrected chi connectivity index (χ2v) is 7.33. The summed E-state index contributed by atoms with van der Waals surface area (Å²) in [4.78, 5) is 0.0767. The number of nitrogens with zero attached hydrogens (tertiary/aromatic N) is 1. The molecule has 0 amide bonds. The maximum absolute atomic E-state index is 12.5. The number of hydrogen-bond donors (Lipinski definition) is 1. The molecule has 0 heterocycles. The molecule has 0 spiro atoms. The molecule has 21 heavy (non-hydrogen) atoms. The van der Waals surface area contributed by atoms with E-state index in [1.807, 2.05) is 6.26 Å². The van der Waals surface area contributed by atoms with Crippen molar-refractivity contribution in [3.05, 3.63) is 17.7 Å². The van der Waals surface area contributed by atoms with Gasteiger partial charge in [0.05, 0.1) is 25.7 Å². The van der Waals surface area contributed by atoms with Crippen LogP contribution in [0.5, 0.6) is 11.5 Å². The minimum absolute atomic E-state index is 0.0767. The molecule has 1 aromatic carbocycles. The molecule has 0 aliphatic heterocycles. The van der Waals surface area contributed by atoms with E-state index in [-0.39, 0.29) is 17.3 Å². The van der Waals surface area contributed by atoms with E-state index in [1.54, 1.807) is 11.8 Å². The zero-order valence-electron chi connectivity index (χ0n) is 12.6. The number of sulfonamides is 1. The highest BCUT2D eigenvalue weighted by atomic mass is 32.2. The first-order chi connectivity index (χ1) is 9.92. The summed E-state index contributed by atoms with van der Waals surface area (Å²) in [5, 5.41) is 9.39. The highest BCUT2D eigenvalue weighted by Gasteiger charge is 2.24. The van der Waals surface area contributed by atoms with Crippen LogP contribution in [0.3, 0.4) is 0 Å². The van der Waals surface area contributed by atoms with Gasteiger partial charge in [0.2, 0.25) is 10.0 Å². The Balaban J connectivity index is 3.30. The second kappa shape index (κ2) is 7.88. The van der Waals surface area contributed by atoms with Gasteiger partial charge in [-0.3, -0.25) is 0 Å². The van der Waals surface area contributed by atoms with Crippen LogP contribution < -0.4 is 9.47 Å². The minimum atomic E-state index is -3.63. The molecule has 0 bridgehead atoms. The van der Waals surface area contributed by atoms with Gasteiger partial charge in [0, 0.05) is 31.0 Å². The SMILES string of the molecule is COc1cc(S(=O)(=O)N(C)CCSC)cc(CO)c1OC. The predicted molar refractivity (Wildman–Crippen MR) is 83.7 cm³/mol. The van der Waals surface area contributed by atoms with Crippen molar-refractivity contribution in [2.75, 3.05) is 39.8 Å². The number of methoxy groups -OCH3 is 2. The van der Waals surface area contributed by atoms with E-state index in [0.29, 0.717) is 23.6 Å². The Morgan fingerprint density at radius 2 is 1.95 bits per heavy atom. The van der Waals surface area contributed by atoms with Crippen LogP contribution in [-0.4, -0.2) is 57.7 Å². The molecule has 0 atom stereocenters. The molecule has 0 unspecified atom stereocenters. The number of ether oxygens (including phenoxy) is 2. The molecule has 1 N–H and O–H groups in total. The Labute approximate surface area is 130 Å². The van der Waals surface area contributed by atoms with Crippen molar-refractivity contribution in [3.8, 4) is 11.5 Å². The van der Waals surface area contributed by atoms with E-state index in [0.717, 1.165) is 0 Å². The van der Waals surface area contributed by atoms with Crippen LogP contribution in [0.2, 0.25) is 0 Å². The Kier molecular flexibility index (Phi) is 6.79. The van der Waals surface area contributed by atoms with E-state index >= 15 is 0 Å². The first-order valence-electron chi connectivity index (χ1n) is 6.23. The lowest BCUT2D eigenvalue weighted by Crippen LogP contribution is -2.29. The summed E-state index contributed by atoms with van der Waals surface area (Å²) in [6, 6.07) is 2.81. The standard InChI is InChI=1S/C13H21NO5S2/c1-14(5-6-20-4)21(16,17)11-7-10(9-15)13(19-3)12(8-11)18-2/h7-8,15H,5-6,9H2,1-4H3. The number of rotatable bonds is 8. The van der Waals surface area contributed by atoms with Gasteiger partial charge in [-0.25, -0.2) is 12.7 Å². The largest absolute Gasteiger partial charge is 0.493 e. The maximum Gasteiger partial charge on any atom is 0.242 e. The number of aliphatic hydroxyl groups is 1. The third-order valence-electron chi connectivity index (χ3n) is 3.02. The summed E-state index contributed by atoms with van der Waals surface area (Å²) in [5.41, 5.74) is 0.369. The summed E-state index contributed by atoms with van der Waals surface area (Å²) in [6.45, 7) is 0.0731. The first-order valence-corrected chi connectivity index (χ1v) is 9.06. The summed E-state index contributed by atoms with van der Waals surface area (Å²) >= 11 is 1.57. The topological polar surface area (TPSA) is 76.1 Å². The van der Waals surface area contributed by atoms with E-state index in [2.05, 4.69) is 0 Å². The fraction of sp³-hybridized carbons (Fsp3) is 0.538. The Hall–Kier alpha value is -0.960. The van der Waals surface area contributed by atoms with Gasteiger partial charge in [-0.05, 0) is 12.3 Å². The van der Waals surface area contributed by atoms with Gasteiger partial charge in [0.1, 0.15) is 0 Å². The predicted octanol–water partition coefficient (Wildman–Crippen LogP) is 1.18. The van der Waals surface area contributed by atoms with E-state index in [4.69, 9.17) is 9.47 Å². The quantitative estimate of drug-likeness (QED) is 0.769. The number of thioether (sulfide) groups is 1. The maximum atomic E-state index is 12.5. The normalized spacial score (nSPS) is 11.7. The average molecular weight is 335 g/mol. The minimum Gasteiger partial charge on any atom is -0.493 e. The number of aliphatic hydroxyl groups excluding tert-OH is 1. The molecule has 1 aromatic rings.